The van der Waals surface area contributed by atoms with Gasteiger partial charge in [0.2, 0.25) is 0 Å². The molecule has 0 unspecified atom stereocenters. The number of hydrogen-bond acceptors (Lipinski definition) is 4. The summed E-state index contributed by atoms with van der Waals surface area (Å²) in [5.74, 6) is 0.735. The number of benzene rings is 1. The van der Waals surface area contributed by atoms with Gasteiger partial charge in [-0.1, -0.05) is 41.0 Å². The lowest BCUT2D eigenvalue weighted by molar-refractivity contribution is 0.118. The fraction of sp³-hybridized carbons (Fsp3) is 0.429. The predicted molar refractivity (Wildman–Crippen MR) is 89.9 cm³/mol. The van der Waals surface area contributed by atoms with Crippen molar-refractivity contribution in [1.82, 2.24) is 5.43 Å². The van der Waals surface area contributed by atoms with Crippen LogP contribution in [0.3, 0.4) is 0 Å². The molecule has 2 aliphatic heterocycles. The highest BCUT2D eigenvalue weighted by atomic mass is 35.5. The van der Waals surface area contributed by atoms with Crippen molar-refractivity contribution in [3.8, 4) is 0 Å². The van der Waals surface area contributed by atoms with E-state index in [-0.39, 0.29) is 6.10 Å². The van der Waals surface area contributed by atoms with Crippen molar-refractivity contribution in [2.24, 2.45) is 10.1 Å². The van der Waals surface area contributed by atoms with Crippen molar-refractivity contribution in [2.75, 3.05) is 18.9 Å². The summed E-state index contributed by atoms with van der Waals surface area (Å²) in [4.78, 5) is 4.51. The van der Waals surface area contributed by atoms with E-state index < -0.39 is 0 Å². The number of nitrogens with one attached hydrogen (secondary N) is 1. The Labute approximate surface area is 137 Å². The molecule has 1 N–H and O–H groups in total. The van der Waals surface area contributed by atoms with Crippen LogP contribution in [0.15, 0.2) is 28.3 Å². The van der Waals surface area contributed by atoms with Crippen LogP contribution in [0.5, 0.6) is 0 Å². The van der Waals surface area contributed by atoms with E-state index in [2.05, 4.69) is 15.5 Å². The molecule has 7 heteroatoms. The highest BCUT2D eigenvalue weighted by Gasteiger charge is 2.18. The zero-order valence-corrected chi connectivity index (χ0v) is 13.6. The predicted octanol–water partition coefficient (Wildman–Crippen LogP) is 3.57. The Morgan fingerprint density at radius 2 is 2.33 bits per heavy atom. The van der Waals surface area contributed by atoms with Gasteiger partial charge in [0.25, 0.3) is 0 Å². The summed E-state index contributed by atoms with van der Waals surface area (Å²) in [6, 6.07) is 5.43. The second-order valence-corrected chi connectivity index (χ2v) is 6.67. The molecule has 2 aliphatic rings. The zero-order valence-electron chi connectivity index (χ0n) is 11.3. The lowest BCUT2D eigenvalue weighted by Crippen LogP contribution is -2.26. The van der Waals surface area contributed by atoms with Crippen LogP contribution in [0.4, 0.5) is 0 Å². The summed E-state index contributed by atoms with van der Waals surface area (Å²) in [5, 5.41) is 6.44. The van der Waals surface area contributed by atoms with Crippen LogP contribution in [0.25, 0.3) is 0 Å². The van der Waals surface area contributed by atoms with Crippen molar-refractivity contribution >= 4 is 45.8 Å². The molecule has 0 aromatic heterocycles. The number of hydrogen-bond donors (Lipinski definition) is 1. The molecule has 2 heterocycles. The third kappa shape index (κ3) is 3.92. The third-order valence-electron chi connectivity index (χ3n) is 3.34. The standard InChI is InChI=1S/C14H15Cl2N3OS/c15-9-3-4-11(12(16)6-9)13-8-21-14(19-18-13)17-7-10-2-1-5-20-10/h3-4,6,10H,1-2,5,7-8H2,(H,17,19)/t10-/m1/s1. The van der Waals surface area contributed by atoms with Crippen LogP contribution >= 0.6 is 35.0 Å². The molecule has 4 nitrogen and oxygen atoms in total. The number of thioether (sulfide) groups is 1. The van der Waals surface area contributed by atoms with E-state index in [1.54, 1.807) is 17.8 Å². The smallest absolute Gasteiger partial charge is 0.177 e. The van der Waals surface area contributed by atoms with Crippen LogP contribution in [-0.4, -0.2) is 35.9 Å². The number of rotatable bonds is 3. The van der Waals surface area contributed by atoms with Crippen LogP contribution in [-0.2, 0) is 4.74 Å². The molecule has 0 amide bonds. The first-order valence-electron chi connectivity index (χ1n) is 6.79. The minimum absolute atomic E-state index is 0.260. The van der Waals surface area contributed by atoms with Gasteiger partial charge in [-0.15, -0.1) is 0 Å². The Morgan fingerprint density at radius 3 is 3.00 bits per heavy atom. The monoisotopic (exact) mass is 343 g/mol. The van der Waals surface area contributed by atoms with Gasteiger partial charge >= 0.3 is 0 Å². The van der Waals surface area contributed by atoms with E-state index in [9.17, 15) is 0 Å². The van der Waals surface area contributed by atoms with E-state index in [0.717, 1.165) is 41.6 Å². The van der Waals surface area contributed by atoms with Gasteiger partial charge in [0.1, 0.15) is 0 Å². The zero-order chi connectivity index (χ0) is 14.7. The topological polar surface area (TPSA) is 46.0 Å². The maximum absolute atomic E-state index is 6.20. The molecular formula is C14H15Cl2N3OS. The maximum Gasteiger partial charge on any atom is 0.177 e. The third-order valence-corrected chi connectivity index (χ3v) is 4.80. The summed E-state index contributed by atoms with van der Waals surface area (Å²) in [6.07, 6.45) is 2.49. The van der Waals surface area contributed by atoms with Crippen LogP contribution in [0.1, 0.15) is 18.4 Å². The summed E-state index contributed by atoms with van der Waals surface area (Å²) >= 11 is 13.7. The Balaban J connectivity index is 1.64. The lowest BCUT2D eigenvalue weighted by Gasteiger charge is -2.16. The molecule has 3 rings (SSSR count). The van der Waals surface area contributed by atoms with Crippen LogP contribution < -0.4 is 5.43 Å². The van der Waals surface area contributed by atoms with Gasteiger partial charge in [-0.25, -0.2) is 0 Å². The van der Waals surface area contributed by atoms with Crippen LogP contribution in [0, 0.1) is 0 Å². The van der Waals surface area contributed by atoms with Crippen molar-refractivity contribution in [2.45, 2.75) is 18.9 Å². The minimum Gasteiger partial charge on any atom is -0.376 e. The second kappa shape index (κ2) is 7.01. The summed E-state index contributed by atoms with van der Waals surface area (Å²) in [7, 11) is 0. The molecule has 0 radical (unpaired) electrons. The first-order chi connectivity index (χ1) is 10.2. The molecule has 1 saturated heterocycles. The molecular weight excluding hydrogens is 329 g/mol. The Hall–Kier alpha value is -0.750. The van der Waals surface area contributed by atoms with Gasteiger partial charge in [-0.3, -0.25) is 10.4 Å². The number of halogens is 2. The molecule has 21 heavy (non-hydrogen) atoms. The fourth-order valence-electron chi connectivity index (χ4n) is 2.23. The second-order valence-electron chi connectivity index (χ2n) is 4.86. The lowest BCUT2D eigenvalue weighted by atomic mass is 10.1. The Kier molecular flexibility index (Phi) is 5.06. The highest BCUT2D eigenvalue weighted by Crippen LogP contribution is 2.24. The average molecular weight is 344 g/mol. The van der Waals surface area contributed by atoms with Gasteiger partial charge in [-0.2, -0.15) is 5.10 Å². The summed E-state index contributed by atoms with van der Waals surface area (Å²) in [6.45, 7) is 1.55. The summed E-state index contributed by atoms with van der Waals surface area (Å²) in [5.41, 5.74) is 4.79. The van der Waals surface area contributed by atoms with Gasteiger partial charge < -0.3 is 4.74 Å². The minimum atomic E-state index is 0.260. The largest absolute Gasteiger partial charge is 0.376 e. The molecule has 0 aliphatic carbocycles. The van der Waals surface area contributed by atoms with E-state index in [0.29, 0.717) is 16.6 Å². The summed E-state index contributed by atoms with van der Waals surface area (Å²) < 4.78 is 5.55. The Morgan fingerprint density at radius 1 is 1.43 bits per heavy atom. The first-order valence-corrected chi connectivity index (χ1v) is 8.53. The van der Waals surface area contributed by atoms with Gasteiger partial charge in [-0.05, 0) is 25.0 Å². The SMILES string of the molecule is Clc1ccc(C2=NNC(=NC[C@H]3CCCO3)SC2)c(Cl)c1. The maximum atomic E-state index is 6.20. The number of aliphatic imine (C=N–C) groups is 1. The molecule has 1 fully saturated rings. The van der Waals surface area contributed by atoms with Crippen LogP contribution in [0.2, 0.25) is 10.0 Å². The number of amidine groups is 1. The van der Waals surface area contributed by atoms with E-state index in [4.69, 9.17) is 27.9 Å². The molecule has 1 atom stereocenters. The van der Waals surface area contributed by atoms with E-state index >= 15 is 0 Å². The van der Waals surface area contributed by atoms with Crippen molar-refractivity contribution in [1.29, 1.82) is 0 Å². The fourth-order valence-corrected chi connectivity index (χ4v) is 3.52. The van der Waals surface area contributed by atoms with Crippen molar-refractivity contribution < 1.29 is 4.74 Å². The molecule has 112 valence electrons. The molecule has 0 spiro atoms. The van der Waals surface area contributed by atoms with Gasteiger partial charge in [0, 0.05) is 22.9 Å². The normalized spacial score (nSPS) is 24.0. The van der Waals surface area contributed by atoms with Crippen molar-refractivity contribution in [3.63, 3.8) is 0 Å². The highest BCUT2D eigenvalue weighted by molar-refractivity contribution is 8.14. The van der Waals surface area contributed by atoms with E-state index in [1.807, 2.05) is 12.1 Å². The number of ether oxygens (including phenoxy) is 1. The number of hydrazone groups is 1. The number of nitrogens with zero attached hydrogens (tertiary/aromatic N) is 2. The molecule has 0 bridgehead atoms. The Bertz CT molecular complexity index is 586. The first kappa shape index (κ1) is 15.2. The van der Waals surface area contributed by atoms with Gasteiger partial charge in [0.15, 0.2) is 5.17 Å². The molecule has 1 aromatic rings. The molecule has 1 aromatic carbocycles. The molecule has 0 saturated carbocycles. The average Bonchev–Trinajstić information content (AvgIpc) is 2.99. The quantitative estimate of drug-likeness (QED) is 0.912. The van der Waals surface area contributed by atoms with Crippen molar-refractivity contribution in [3.05, 3.63) is 33.8 Å². The van der Waals surface area contributed by atoms with Gasteiger partial charge in [0.05, 0.1) is 23.4 Å². The van der Waals surface area contributed by atoms with E-state index in [1.165, 1.54) is 0 Å².